The Labute approximate surface area is 177 Å². The van der Waals surface area contributed by atoms with E-state index < -0.39 is 0 Å². The third kappa shape index (κ3) is 5.49. The number of aromatic nitrogens is 1. The first-order valence-corrected chi connectivity index (χ1v) is 10.1. The van der Waals surface area contributed by atoms with Gasteiger partial charge in [0.25, 0.3) is 5.91 Å². The molecule has 0 radical (unpaired) electrons. The minimum Gasteiger partial charge on any atom is -0.483 e. The largest absolute Gasteiger partial charge is 0.483 e. The standard InChI is InChI=1S/C23H31N3O4/c1-8-29-23(28)21-15(5)22(24-16(21)6)17(7)25-26-20(27)12-30-19-11-14(4)9-10-18(19)13(2)3/h9-11,13,24H,8,12H2,1-7H3,(H,26,27)/b25-17+. The average Bonchev–Trinajstić information content (AvgIpc) is 2.98. The first kappa shape index (κ1) is 23.2. The Bertz CT molecular complexity index is 958. The van der Waals surface area contributed by atoms with Crippen LogP contribution >= 0.6 is 0 Å². The lowest BCUT2D eigenvalue weighted by atomic mass is 10.0. The maximum Gasteiger partial charge on any atom is 0.340 e. The number of hydrazone groups is 1. The molecule has 162 valence electrons. The number of aryl methyl sites for hydroxylation is 2. The molecule has 1 amide bonds. The van der Waals surface area contributed by atoms with Crippen molar-refractivity contribution in [2.24, 2.45) is 5.10 Å². The summed E-state index contributed by atoms with van der Waals surface area (Å²) < 4.78 is 10.8. The number of nitrogens with zero attached hydrogens (tertiary/aromatic N) is 1. The van der Waals surface area contributed by atoms with Crippen LogP contribution in [0.2, 0.25) is 0 Å². The number of rotatable bonds is 8. The first-order chi connectivity index (χ1) is 14.1. The quantitative estimate of drug-likeness (QED) is 0.386. The Kier molecular flexibility index (Phi) is 7.80. The molecule has 0 bridgehead atoms. The highest BCUT2D eigenvalue weighted by Gasteiger charge is 2.20. The predicted octanol–water partition coefficient (Wildman–Crippen LogP) is 4.16. The molecule has 0 fully saturated rings. The fourth-order valence-electron chi connectivity index (χ4n) is 3.24. The lowest BCUT2D eigenvalue weighted by Crippen LogP contribution is -2.26. The van der Waals surface area contributed by atoms with Gasteiger partial charge in [-0.3, -0.25) is 4.79 Å². The van der Waals surface area contributed by atoms with E-state index in [9.17, 15) is 9.59 Å². The van der Waals surface area contributed by atoms with Crippen LogP contribution in [0.5, 0.6) is 5.75 Å². The number of esters is 1. The van der Waals surface area contributed by atoms with Crippen molar-refractivity contribution in [3.63, 3.8) is 0 Å². The summed E-state index contributed by atoms with van der Waals surface area (Å²) in [6, 6.07) is 5.98. The molecule has 0 spiro atoms. The number of carbonyl (C=O) groups excluding carboxylic acids is 2. The zero-order valence-corrected chi connectivity index (χ0v) is 18.8. The number of nitrogens with one attached hydrogen (secondary N) is 2. The van der Waals surface area contributed by atoms with Crippen molar-refractivity contribution in [3.05, 3.63) is 51.8 Å². The molecule has 7 heteroatoms. The van der Waals surface area contributed by atoms with Crippen LogP contribution in [0.25, 0.3) is 0 Å². The number of aromatic amines is 1. The van der Waals surface area contributed by atoms with Gasteiger partial charge in [-0.05, 0) is 63.3 Å². The summed E-state index contributed by atoms with van der Waals surface area (Å²) in [7, 11) is 0. The zero-order chi connectivity index (χ0) is 22.4. The van der Waals surface area contributed by atoms with E-state index in [4.69, 9.17) is 9.47 Å². The molecule has 0 aliphatic heterocycles. The second kappa shape index (κ2) is 10.1. The van der Waals surface area contributed by atoms with Gasteiger partial charge in [0, 0.05) is 5.69 Å². The summed E-state index contributed by atoms with van der Waals surface area (Å²) in [6.45, 7) is 13.4. The van der Waals surface area contributed by atoms with Gasteiger partial charge in [0.15, 0.2) is 6.61 Å². The molecule has 2 aromatic rings. The second-order valence-corrected chi connectivity index (χ2v) is 7.56. The van der Waals surface area contributed by atoms with E-state index >= 15 is 0 Å². The molecular formula is C23H31N3O4. The van der Waals surface area contributed by atoms with E-state index in [1.807, 2.05) is 32.0 Å². The van der Waals surface area contributed by atoms with Crippen LogP contribution in [0.4, 0.5) is 0 Å². The molecule has 7 nitrogen and oxygen atoms in total. The Balaban J connectivity index is 2.06. The summed E-state index contributed by atoms with van der Waals surface area (Å²) in [5.41, 5.74) is 7.80. The molecule has 0 aliphatic carbocycles. The number of ether oxygens (including phenoxy) is 2. The van der Waals surface area contributed by atoms with Crippen LogP contribution in [0, 0.1) is 20.8 Å². The highest BCUT2D eigenvalue weighted by Crippen LogP contribution is 2.27. The first-order valence-electron chi connectivity index (χ1n) is 10.1. The Hall–Kier alpha value is -3.09. The van der Waals surface area contributed by atoms with Gasteiger partial charge in [-0.25, -0.2) is 10.2 Å². The SMILES string of the molecule is CCOC(=O)c1c(C)[nH]c(/C(C)=N/NC(=O)COc2cc(C)ccc2C(C)C)c1C. The topological polar surface area (TPSA) is 92.8 Å². The molecule has 0 saturated carbocycles. The van der Waals surface area contributed by atoms with E-state index in [2.05, 4.69) is 29.4 Å². The number of hydrogen-bond donors (Lipinski definition) is 2. The summed E-state index contributed by atoms with van der Waals surface area (Å²) in [4.78, 5) is 27.5. The van der Waals surface area contributed by atoms with Crippen LogP contribution in [0.3, 0.4) is 0 Å². The Morgan fingerprint density at radius 1 is 1.20 bits per heavy atom. The third-order valence-electron chi connectivity index (χ3n) is 4.78. The lowest BCUT2D eigenvalue weighted by molar-refractivity contribution is -0.123. The highest BCUT2D eigenvalue weighted by molar-refractivity contribution is 6.03. The van der Waals surface area contributed by atoms with E-state index in [1.165, 1.54) is 0 Å². The maximum atomic E-state index is 12.2. The summed E-state index contributed by atoms with van der Waals surface area (Å²) in [5.74, 6) is 0.254. The van der Waals surface area contributed by atoms with E-state index in [0.717, 1.165) is 16.7 Å². The molecule has 2 N–H and O–H groups in total. The highest BCUT2D eigenvalue weighted by atomic mass is 16.5. The van der Waals surface area contributed by atoms with Crippen LogP contribution in [-0.2, 0) is 9.53 Å². The fourth-order valence-corrected chi connectivity index (χ4v) is 3.24. The average molecular weight is 414 g/mol. The molecule has 1 heterocycles. The van der Waals surface area contributed by atoms with Crippen molar-refractivity contribution in [3.8, 4) is 5.75 Å². The minimum absolute atomic E-state index is 0.142. The van der Waals surface area contributed by atoms with Crippen molar-refractivity contribution < 1.29 is 19.1 Å². The molecule has 1 aromatic carbocycles. The fraction of sp³-hybridized carbons (Fsp3) is 0.435. The van der Waals surface area contributed by atoms with Gasteiger partial charge in [-0.1, -0.05) is 26.0 Å². The Morgan fingerprint density at radius 2 is 1.90 bits per heavy atom. The van der Waals surface area contributed by atoms with Gasteiger partial charge in [0.2, 0.25) is 0 Å². The van der Waals surface area contributed by atoms with Crippen LogP contribution in [-0.4, -0.2) is 35.8 Å². The zero-order valence-electron chi connectivity index (χ0n) is 18.8. The van der Waals surface area contributed by atoms with Gasteiger partial charge in [-0.15, -0.1) is 0 Å². The van der Waals surface area contributed by atoms with E-state index in [-0.39, 0.29) is 24.4 Å². The number of H-pyrrole nitrogens is 1. The van der Waals surface area contributed by atoms with Crippen LogP contribution in [0.15, 0.2) is 23.3 Å². The molecule has 0 saturated heterocycles. The van der Waals surface area contributed by atoms with Crippen molar-refractivity contribution in [1.82, 2.24) is 10.4 Å². The predicted molar refractivity (Wildman–Crippen MR) is 117 cm³/mol. The molecule has 1 aromatic heterocycles. The second-order valence-electron chi connectivity index (χ2n) is 7.56. The Morgan fingerprint density at radius 3 is 2.53 bits per heavy atom. The van der Waals surface area contributed by atoms with Gasteiger partial charge < -0.3 is 14.5 Å². The molecule has 30 heavy (non-hydrogen) atoms. The normalized spacial score (nSPS) is 11.5. The van der Waals surface area contributed by atoms with Crippen molar-refractivity contribution in [2.75, 3.05) is 13.2 Å². The monoisotopic (exact) mass is 413 g/mol. The van der Waals surface area contributed by atoms with Crippen molar-refractivity contribution in [2.45, 2.75) is 54.4 Å². The third-order valence-corrected chi connectivity index (χ3v) is 4.78. The maximum absolute atomic E-state index is 12.2. The van der Waals surface area contributed by atoms with Crippen molar-refractivity contribution in [1.29, 1.82) is 0 Å². The lowest BCUT2D eigenvalue weighted by Gasteiger charge is -2.14. The number of carbonyl (C=O) groups is 2. The molecule has 0 unspecified atom stereocenters. The molecule has 0 atom stereocenters. The van der Waals surface area contributed by atoms with Gasteiger partial charge in [-0.2, -0.15) is 5.10 Å². The molecule has 0 aliphatic rings. The smallest absolute Gasteiger partial charge is 0.340 e. The minimum atomic E-state index is -0.376. The number of amides is 1. The van der Waals surface area contributed by atoms with Crippen molar-refractivity contribution >= 4 is 17.6 Å². The summed E-state index contributed by atoms with van der Waals surface area (Å²) >= 11 is 0. The molecule has 2 rings (SSSR count). The van der Waals surface area contributed by atoms with E-state index in [1.54, 1.807) is 20.8 Å². The van der Waals surface area contributed by atoms with Gasteiger partial charge in [0.05, 0.1) is 23.6 Å². The van der Waals surface area contributed by atoms with Gasteiger partial charge >= 0.3 is 5.97 Å². The van der Waals surface area contributed by atoms with Crippen LogP contribution < -0.4 is 10.2 Å². The summed E-state index contributed by atoms with van der Waals surface area (Å²) in [6.07, 6.45) is 0. The number of hydrogen-bond acceptors (Lipinski definition) is 5. The molecular weight excluding hydrogens is 382 g/mol. The number of benzene rings is 1. The van der Waals surface area contributed by atoms with Crippen LogP contribution in [0.1, 0.15) is 72.0 Å². The summed E-state index contributed by atoms with van der Waals surface area (Å²) in [5, 5.41) is 4.16. The van der Waals surface area contributed by atoms with E-state index in [0.29, 0.717) is 35.0 Å². The van der Waals surface area contributed by atoms with Gasteiger partial charge in [0.1, 0.15) is 5.75 Å².